The minimum Gasteiger partial charge on any atom is -0.465 e. The molecular formula is C29H39N6O9P. The lowest BCUT2D eigenvalue weighted by Crippen LogP contribution is -2.44. The first-order chi connectivity index (χ1) is 21.5. The van der Waals surface area contributed by atoms with E-state index < -0.39 is 50.3 Å². The number of para-hydroxylation sites is 1. The summed E-state index contributed by atoms with van der Waals surface area (Å²) in [6, 6.07) is 7.27. The quantitative estimate of drug-likeness (QED) is 0.239. The lowest BCUT2D eigenvalue weighted by atomic mass is 9.91. The van der Waals surface area contributed by atoms with E-state index in [-0.39, 0.29) is 54.2 Å². The van der Waals surface area contributed by atoms with Gasteiger partial charge in [-0.2, -0.15) is 10.2 Å². The van der Waals surface area contributed by atoms with Crippen molar-refractivity contribution in [2.75, 3.05) is 18.5 Å². The Morgan fingerprint density at radius 1 is 1.18 bits per heavy atom. The Morgan fingerprint density at radius 2 is 1.96 bits per heavy atom. The summed E-state index contributed by atoms with van der Waals surface area (Å²) in [4.78, 5) is 34.3. The van der Waals surface area contributed by atoms with Gasteiger partial charge < -0.3 is 29.5 Å². The number of ether oxygens (including phenoxy) is 2. The molecule has 2 aromatic heterocycles. The predicted octanol–water partition coefficient (Wildman–Crippen LogP) is 2.94. The van der Waals surface area contributed by atoms with Crippen LogP contribution in [0.15, 0.2) is 42.9 Å². The number of amides is 1. The van der Waals surface area contributed by atoms with Gasteiger partial charge in [-0.3, -0.25) is 14.1 Å². The van der Waals surface area contributed by atoms with Crippen molar-refractivity contribution in [2.45, 2.75) is 82.8 Å². The highest BCUT2D eigenvalue weighted by molar-refractivity contribution is 7.52. The van der Waals surface area contributed by atoms with Crippen molar-refractivity contribution >= 4 is 31.1 Å². The minimum atomic E-state index is -4.31. The minimum absolute atomic E-state index is 0.0116. The maximum Gasteiger partial charge on any atom is 0.459 e. The summed E-state index contributed by atoms with van der Waals surface area (Å²) in [6.07, 6.45) is 0.918. The molecule has 0 aliphatic carbocycles. The molecule has 0 radical (unpaired) electrons. The zero-order chi connectivity index (χ0) is 32.2. The second-order valence-corrected chi connectivity index (χ2v) is 13.5. The van der Waals surface area contributed by atoms with Crippen molar-refractivity contribution in [3.05, 3.63) is 48.5 Å². The Kier molecular flexibility index (Phi) is 10.2. The predicted molar refractivity (Wildman–Crippen MR) is 160 cm³/mol. The number of carbonyl (C=O) groups is 2. The lowest BCUT2D eigenvalue weighted by Gasteiger charge is -2.27. The van der Waals surface area contributed by atoms with Gasteiger partial charge in [-0.05, 0) is 50.7 Å². The van der Waals surface area contributed by atoms with Gasteiger partial charge in [-0.15, -0.1) is 0 Å². The standard InChI is InChI=1S/C29H39N6O9P/c1-18(2)14-20-28(38)41-13-9-5-8-12-23(36)33-26-27-30-15-21(35(27)32-17-31-26)25-29(3,39)24(37)22(43-25)16-42-45(40,34-20)44-19-10-6-4-7-11-19/h4,6-7,10-11,15,17-18,20,22,24-25,37,39H,5,8-9,12-14,16H2,1-3H3,(H,34,40)(H,31,32,33,36)/t20-,22-,24-,25+,29-,45?/m1/s1. The fourth-order valence-electron chi connectivity index (χ4n) is 5.30. The molecule has 244 valence electrons. The number of carbonyl (C=O) groups excluding carboxylic acids is 2. The van der Waals surface area contributed by atoms with Gasteiger partial charge in [0.1, 0.15) is 42.0 Å². The highest BCUT2D eigenvalue weighted by Crippen LogP contribution is 2.48. The molecule has 0 spiro atoms. The van der Waals surface area contributed by atoms with Gasteiger partial charge in [0.25, 0.3) is 0 Å². The molecule has 1 saturated heterocycles. The number of aliphatic hydroxyl groups excluding tert-OH is 1. The van der Waals surface area contributed by atoms with Crippen molar-refractivity contribution < 1.29 is 42.9 Å². The first-order valence-electron chi connectivity index (χ1n) is 14.9. The zero-order valence-corrected chi connectivity index (χ0v) is 26.3. The summed E-state index contributed by atoms with van der Waals surface area (Å²) >= 11 is 0. The number of hydrogen-bond acceptors (Lipinski definition) is 12. The molecule has 5 rings (SSSR count). The maximum absolute atomic E-state index is 14.2. The van der Waals surface area contributed by atoms with E-state index in [1.165, 1.54) is 24.0 Å². The number of nitrogens with one attached hydrogen (secondary N) is 2. The van der Waals surface area contributed by atoms with Crippen LogP contribution in [0.1, 0.15) is 64.7 Å². The first kappa shape index (κ1) is 32.9. The van der Waals surface area contributed by atoms with E-state index in [1.807, 2.05) is 13.8 Å². The van der Waals surface area contributed by atoms with Gasteiger partial charge in [0.15, 0.2) is 11.5 Å². The van der Waals surface area contributed by atoms with Crippen LogP contribution in [0.4, 0.5) is 5.82 Å². The van der Waals surface area contributed by atoms with Gasteiger partial charge >= 0.3 is 13.7 Å². The molecule has 6 atom stereocenters. The number of aliphatic hydroxyl groups is 2. The van der Waals surface area contributed by atoms with Crippen molar-refractivity contribution in [3.63, 3.8) is 0 Å². The van der Waals surface area contributed by atoms with Crippen LogP contribution in [0.25, 0.3) is 5.65 Å². The number of rotatable bonds is 4. The Balaban J connectivity index is 1.47. The number of imidazole rings is 1. The van der Waals surface area contributed by atoms with Crippen LogP contribution in [-0.4, -0.2) is 78.7 Å². The van der Waals surface area contributed by atoms with E-state index in [2.05, 4.69) is 25.5 Å². The van der Waals surface area contributed by atoms with E-state index >= 15 is 0 Å². The molecule has 4 N–H and O–H groups in total. The highest BCUT2D eigenvalue weighted by atomic mass is 31.2. The van der Waals surface area contributed by atoms with E-state index in [0.29, 0.717) is 19.3 Å². The van der Waals surface area contributed by atoms with Crippen LogP contribution >= 0.6 is 7.75 Å². The number of nitrogens with zero attached hydrogens (tertiary/aromatic N) is 4. The molecule has 4 heterocycles. The first-order valence-corrected chi connectivity index (χ1v) is 16.5. The number of anilines is 1. The van der Waals surface area contributed by atoms with E-state index in [4.69, 9.17) is 18.5 Å². The fraction of sp³-hybridized carbons (Fsp3) is 0.552. The van der Waals surface area contributed by atoms with Crippen molar-refractivity contribution in [1.29, 1.82) is 0 Å². The summed E-state index contributed by atoms with van der Waals surface area (Å²) in [7, 11) is -4.31. The second kappa shape index (κ2) is 13.9. The van der Waals surface area contributed by atoms with Gasteiger partial charge in [0.2, 0.25) is 5.91 Å². The van der Waals surface area contributed by atoms with Crippen LogP contribution < -0.4 is 14.9 Å². The number of hydrogen-bond donors (Lipinski definition) is 4. The van der Waals surface area contributed by atoms with Crippen LogP contribution in [0.2, 0.25) is 0 Å². The average molecular weight is 647 g/mol. The summed E-state index contributed by atoms with van der Waals surface area (Å²) in [5.74, 6) is -0.512. The Hall–Kier alpha value is -3.46. The normalized spacial score (nSPS) is 30.5. The van der Waals surface area contributed by atoms with Gasteiger partial charge in [-0.1, -0.05) is 32.0 Å². The molecule has 1 aromatic carbocycles. The third kappa shape index (κ3) is 7.68. The van der Waals surface area contributed by atoms with Gasteiger partial charge in [-0.25, -0.2) is 19.0 Å². The van der Waals surface area contributed by atoms with Crippen LogP contribution in [0.3, 0.4) is 0 Å². The fourth-order valence-corrected chi connectivity index (χ4v) is 6.81. The van der Waals surface area contributed by atoms with Crippen molar-refractivity contribution in [3.8, 4) is 5.75 Å². The van der Waals surface area contributed by atoms with Gasteiger partial charge in [0, 0.05) is 6.42 Å². The second-order valence-electron chi connectivity index (χ2n) is 11.8. The van der Waals surface area contributed by atoms with Crippen molar-refractivity contribution in [1.82, 2.24) is 24.7 Å². The highest BCUT2D eigenvalue weighted by Gasteiger charge is 2.54. The Labute approximate surface area is 260 Å². The SMILES string of the molecule is CC(C)C[C@H]1NP(=O)(Oc2ccccc2)OC[C@H]2O[C@@H](c3cnc4c(ncnn34)NC(=O)CCCCCOC1=O)[C@](C)(O)[C@@H]2O. The molecule has 2 aliphatic rings. The monoisotopic (exact) mass is 646 g/mol. The molecule has 45 heavy (non-hydrogen) atoms. The topological polar surface area (TPSA) is 196 Å². The van der Waals surface area contributed by atoms with Crippen molar-refractivity contribution in [2.24, 2.45) is 5.92 Å². The summed E-state index contributed by atoms with van der Waals surface area (Å²) < 4.78 is 38.8. The molecule has 1 unspecified atom stereocenters. The number of cyclic esters (lactones) is 1. The third-order valence-corrected chi connectivity index (χ3v) is 9.19. The number of aromatic nitrogens is 4. The molecular weight excluding hydrogens is 607 g/mol. The lowest BCUT2D eigenvalue weighted by molar-refractivity contribution is -0.146. The maximum atomic E-state index is 14.2. The molecule has 3 aromatic rings. The number of esters is 1. The largest absolute Gasteiger partial charge is 0.465 e. The third-order valence-electron chi connectivity index (χ3n) is 7.62. The smallest absolute Gasteiger partial charge is 0.459 e. The molecule has 16 heteroatoms. The van der Waals surface area contributed by atoms with Crippen LogP contribution in [0, 0.1) is 5.92 Å². The zero-order valence-electron chi connectivity index (χ0n) is 25.4. The molecule has 6 bridgehead atoms. The molecule has 15 nitrogen and oxygen atoms in total. The van der Waals surface area contributed by atoms with E-state index in [1.54, 1.807) is 30.3 Å². The van der Waals surface area contributed by atoms with E-state index in [9.17, 15) is 24.4 Å². The summed E-state index contributed by atoms with van der Waals surface area (Å²) in [6.45, 7) is 4.81. The van der Waals surface area contributed by atoms with Crippen LogP contribution in [-0.2, 0) is 28.2 Å². The van der Waals surface area contributed by atoms with E-state index in [0.717, 1.165) is 0 Å². The average Bonchev–Trinajstić information content (AvgIpc) is 3.51. The number of benzene rings is 1. The Bertz CT molecular complexity index is 1530. The Morgan fingerprint density at radius 3 is 2.71 bits per heavy atom. The van der Waals surface area contributed by atoms with Crippen LogP contribution in [0.5, 0.6) is 5.75 Å². The molecule has 1 amide bonds. The molecule has 2 aliphatic heterocycles. The number of fused-ring (bicyclic) bond motifs is 3. The summed E-state index contributed by atoms with van der Waals surface area (Å²) in [5, 5.41) is 32.3. The molecule has 0 saturated carbocycles. The molecule has 1 fully saturated rings. The van der Waals surface area contributed by atoms with Gasteiger partial charge in [0.05, 0.1) is 25.1 Å². The summed E-state index contributed by atoms with van der Waals surface area (Å²) in [5.41, 5.74) is -1.37.